The first kappa shape index (κ1) is 19.4. The molecule has 142 valence electrons. The Morgan fingerprint density at radius 1 is 0.857 bits per heavy atom. The lowest BCUT2D eigenvalue weighted by atomic mass is 9.95. The molecule has 0 bridgehead atoms. The van der Waals surface area contributed by atoms with Crippen LogP contribution >= 0.6 is 0 Å². The molecule has 0 aliphatic rings. The summed E-state index contributed by atoms with van der Waals surface area (Å²) in [5.74, 6) is -0.353. The smallest absolute Gasteiger partial charge is 0.255 e. The zero-order valence-electron chi connectivity index (χ0n) is 15.9. The van der Waals surface area contributed by atoms with Crippen LogP contribution in [0.2, 0.25) is 0 Å². The second-order valence-electron chi connectivity index (χ2n) is 6.61. The molecule has 4 nitrogen and oxygen atoms in total. The molecule has 0 aromatic heterocycles. The van der Waals surface area contributed by atoms with Crippen LogP contribution in [0.4, 0.5) is 5.69 Å². The average Bonchev–Trinajstić information content (AvgIpc) is 2.74. The Balaban J connectivity index is 1.62. The van der Waals surface area contributed by atoms with Crippen molar-refractivity contribution in [3.05, 3.63) is 102 Å². The van der Waals surface area contributed by atoms with Gasteiger partial charge in [0, 0.05) is 17.8 Å². The maximum absolute atomic E-state index is 12.6. The number of anilines is 1. The quantitative estimate of drug-likeness (QED) is 0.629. The van der Waals surface area contributed by atoms with E-state index in [1.165, 1.54) is 0 Å². The summed E-state index contributed by atoms with van der Waals surface area (Å²) in [7, 11) is 0. The SMILES string of the molecule is CCC(C(=O)NCc1cccc(C(=O)Nc2ccccc2)c1)c1ccccc1. The van der Waals surface area contributed by atoms with Gasteiger partial charge in [-0.3, -0.25) is 9.59 Å². The van der Waals surface area contributed by atoms with Crippen molar-refractivity contribution in [1.82, 2.24) is 5.32 Å². The van der Waals surface area contributed by atoms with Crippen LogP contribution in [-0.4, -0.2) is 11.8 Å². The summed E-state index contributed by atoms with van der Waals surface area (Å²) in [6.45, 7) is 2.39. The van der Waals surface area contributed by atoms with Crippen LogP contribution in [0.5, 0.6) is 0 Å². The van der Waals surface area contributed by atoms with Crippen molar-refractivity contribution in [1.29, 1.82) is 0 Å². The number of hydrogen-bond acceptors (Lipinski definition) is 2. The van der Waals surface area contributed by atoms with Crippen molar-refractivity contribution < 1.29 is 9.59 Å². The van der Waals surface area contributed by atoms with E-state index in [-0.39, 0.29) is 17.7 Å². The van der Waals surface area contributed by atoms with Crippen LogP contribution in [0.25, 0.3) is 0 Å². The van der Waals surface area contributed by atoms with E-state index in [1.54, 1.807) is 6.07 Å². The van der Waals surface area contributed by atoms with E-state index in [2.05, 4.69) is 10.6 Å². The second kappa shape index (κ2) is 9.51. The first-order valence-electron chi connectivity index (χ1n) is 9.45. The van der Waals surface area contributed by atoms with Gasteiger partial charge in [-0.05, 0) is 41.8 Å². The highest BCUT2D eigenvalue weighted by atomic mass is 16.2. The lowest BCUT2D eigenvalue weighted by Gasteiger charge is -2.15. The van der Waals surface area contributed by atoms with Crippen molar-refractivity contribution in [3.8, 4) is 0 Å². The topological polar surface area (TPSA) is 58.2 Å². The summed E-state index contributed by atoms with van der Waals surface area (Å²) in [5.41, 5.74) is 3.21. The summed E-state index contributed by atoms with van der Waals surface area (Å²) >= 11 is 0. The highest BCUT2D eigenvalue weighted by Gasteiger charge is 2.18. The minimum absolute atomic E-state index is 0.00663. The van der Waals surface area contributed by atoms with Crippen molar-refractivity contribution in [3.63, 3.8) is 0 Å². The minimum atomic E-state index is -0.175. The molecular weight excluding hydrogens is 348 g/mol. The summed E-state index contributed by atoms with van der Waals surface area (Å²) in [5, 5.41) is 5.87. The Morgan fingerprint density at radius 2 is 1.54 bits per heavy atom. The standard InChI is InChI=1S/C24H24N2O2/c1-2-22(19-11-5-3-6-12-19)24(28)25-17-18-10-9-13-20(16-18)23(27)26-21-14-7-4-8-15-21/h3-16,22H,2,17H2,1H3,(H,25,28)(H,26,27). The number of rotatable bonds is 7. The number of carbonyl (C=O) groups excluding carboxylic acids is 2. The molecule has 0 aliphatic carbocycles. The maximum Gasteiger partial charge on any atom is 0.255 e. The molecule has 1 atom stereocenters. The lowest BCUT2D eigenvalue weighted by Crippen LogP contribution is -2.28. The molecule has 0 heterocycles. The monoisotopic (exact) mass is 372 g/mol. The molecule has 2 amide bonds. The molecule has 2 N–H and O–H groups in total. The van der Waals surface area contributed by atoms with Gasteiger partial charge < -0.3 is 10.6 Å². The molecular formula is C24H24N2O2. The molecule has 3 aromatic rings. The molecule has 3 aromatic carbocycles. The Bertz CT molecular complexity index is 924. The van der Waals surface area contributed by atoms with Gasteiger partial charge in [0.15, 0.2) is 0 Å². The van der Waals surface area contributed by atoms with Crippen LogP contribution in [0, 0.1) is 0 Å². The van der Waals surface area contributed by atoms with Gasteiger partial charge in [0.1, 0.15) is 0 Å². The van der Waals surface area contributed by atoms with Gasteiger partial charge >= 0.3 is 0 Å². The van der Waals surface area contributed by atoms with E-state index in [1.807, 2.05) is 85.8 Å². The van der Waals surface area contributed by atoms with Crippen LogP contribution in [0.3, 0.4) is 0 Å². The Kier molecular flexibility index (Phi) is 6.58. The molecule has 1 unspecified atom stereocenters. The van der Waals surface area contributed by atoms with Gasteiger partial charge in [-0.25, -0.2) is 0 Å². The van der Waals surface area contributed by atoms with E-state index in [0.717, 1.165) is 23.2 Å². The number of benzene rings is 3. The fourth-order valence-electron chi connectivity index (χ4n) is 3.12. The van der Waals surface area contributed by atoms with Crippen molar-refractivity contribution in [2.24, 2.45) is 0 Å². The average molecular weight is 372 g/mol. The van der Waals surface area contributed by atoms with Crippen molar-refractivity contribution >= 4 is 17.5 Å². The molecule has 0 spiro atoms. The van der Waals surface area contributed by atoms with Crippen LogP contribution in [-0.2, 0) is 11.3 Å². The molecule has 0 saturated heterocycles. The maximum atomic E-state index is 12.6. The third-order valence-electron chi connectivity index (χ3n) is 4.61. The largest absolute Gasteiger partial charge is 0.351 e. The summed E-state index contributed by atoms with van der Waals surface area (Å²) in [4.78, 5) is 25.1. The minimum Gasteiger partial charge on any atom is -0.351 e. The Morgan fingerprint density at radius 3 is 2.21 bits per heavy atom. The first-order valence-corrected chi connectivity index (χ1v) is 9.45. The molecule has 0 fully saturated rings. The summed E-state index contributed by atoms with van der Waals surface area (Å²) in [6.07, 6.45) is 0.732. The van der Waals surface area contributed by atoms with E-state index < -0.39 is 0 Å². The van der Waals surface area contributed by atoms with E-state index in [0.29, 0.717) is 12.1 Å². The van der Waals surface area contributed by atoms with E-state index in [9.17, 15) is 9.59 Å². The summed E-state index contributed by atoms with van der Waals surface area (Å²) in [6, 6.07) is 26.4. The first-order chi connectivity index (χ1) is 13.7. The molecule has 4 heteroatoms. The fraction of sp³-hybridized carbons (Fsp3) is 0.167. The van der Waals surface area contributed by atoms with Gasteiger partial charge in [-0.2, -0.15) is 0 Å². The number of amides is 2. The van der Waals surface area contributed by atoms with Gasteiger partial charge in [-0.15, -0.1) is 0 Å². The summed E-state index contributed by atoms with van der Waals surface area (Å²) < 4.78 is 0. The molecule has 0 radical (unpaired) electrons. The molecule has 28 heavy (non-hydrogen) atoms. The molecule has 0 aliphatic heterocycles. The van der Waals surface area contributed by atoms with Gasteiger partial charge in [-0.1, -0.05) is 67.6 Å². The number of carbonyl (C=O) groups is 2. The lowest BCUT2D eigenvalue weighted by molar-refractivity contribution is -0.122. The van der Waals surface area contributed by atoms with E-state index in [4.69, 9.17) is 0 Å². The number of para-hydroxylation sites is 1. The van der Waals surface area contributed by atoms with Gasteiger partial charge in [0.2, 0.25) is 5.91 Å². The van der Waals surface area contributed by atoms with Crippen LogP contribution in [0.1, 0.15) is 40.7 Å². The Labute approximate surface area is 165 Å². The predicted molar refractivity (Wildman–Crippen MR) is 112 cm³/mol. The molecule has 3 rings (SSSR count). The predicted octanol–water partition coefficient (Wildman–Crippen LogP) is 4.75. The normalized spacial score (nSPS) is 11.5. The third-order valence-corrected chi connectivity index (χ3v) is 4.61. The van der Waals surface area contributed by atoms with Crippen LogP contribution < -0.4 is 10.6 Å². The van der Waals surface area contributed by atoms with Gasteiger partial charge in [0.25, 0.3) is 5.91 Å². The number of hydrogen-bond donors (Lipinski definition) is 2. The number of nitrogens with one attached hydrogen (secondary N) is 2. The zero-order valence-corrected chi connectivity index (χ0v) is 15.9. The van der Waals surface area contributed by atoms with Crippen molar-refractivity contribution in [2.45, 2.75) is 25.8 Å². The highest BCUT2D eigenvalue weighted by Crippen LogP contribution is 2.19. The van der Waals surface area contributed by atoms with Gasteiger partial charge in [0.05, 0.1) is 5.92 Å². The van der Waals surface area contributed by atoms with Crippen LogP contribution in [0.15, 0.2) is 84.9 Å². The van der Waals surface area contributed by atoms with E-state index >= 15 is 0 Å². The zero-order chi connectivity index (χ0) is 19.8. The highest BCUT2D eigenvalue weighted by molar-refractivity contribution is 6.04. The molecule has 0 saturated carbocycles. The fourth-order valence-corrected chi connectivity index (χ4v) is 3.12. The van der Waals surface area contributed by atoms with Crippen molar-refractivity contribution in [2.75, 3.05) is 5.32 Å². The second-order valence-corrected chi connectivity index (χ2v) is 6.61. The Hall–Kier alpha value is -3.40. The third kappa shape index (κ3) is 5.07.